The quantitative estimate of drug-likeness (QED) is 0.772. The predicted octanol–water partition coefficient (Wildman–Crippen LogP) is 1.90. The van der Waals surface area contributed by atoms with E-state index in [2.05, 4.69) is 35.1 Å². The number of aromatic nitrogens is 5. The summed E-state index contributed by atoms with van der Waals surface area (Å²) in [6.45, 7) is 1.85. The van der Waals surface area contributed by atoms with Crippen LogP contribution in [-0.4, -0.2) is 51.2 Å². The summed E-state index contributed by atoms with van der Waals surface area (Å²) in [4.78, 5) is 23.5. The summed E-state index contributed by atoms with van der Waals surface area (Å²) < 4.78 is 5.14. The zero-order valence-corrected chi connectivity index (χ0v) is 14.0. The lowest BCUT2D eigenvalue weighted by Gasteiger charge is -2.33. The van der Waals surface area contributed by atoms with Crippen LogP contribution < -0.4 is 15.0 Å². The standard InChI is InChI=1S/C17H19N7O/c1-25-16-8-15(20-11-21-16)23-12-3-6-24(7-4-12)17-13-2-5-18-9-14(13)19-10-22-17/h2,5,8-12H,3-4,6-7H2,1H3,(H,20,21,23). The first-order chi connectivity index (χ1) is 12.3. The van der Waals surface area contributed by atoms with Crippen molar-refractivity contribution in [2.24, 2.45) is 0 Å². The molecule has 1 aliphatic heterocycles. The molecule has 1 fully saturated rings. The minimum absolute atomic E-state index is 0.366. The number of nitrogens with zero attached hydrogens (tertiary/aromatic N) is 6. The maximum absolute atomic E-state index is 5.14. The molecule has 1 aliphatic rings. The molecule has 4 rings (SSSR count). The van der Waals surface area contributed by atoms with Gasteiger partial charge in [0.15, 0.2) is 0 Å². The molecule has 3 aromatic rings. The van der Waals surface area contributed by atoms with Crippen molar-refractivity contribution in [3.05, 3.63) is 37.2 Å². The first-order valence-corrected chi connectivity index (χ1v) is 8.26. The van der Waals surface area contributed by atoms with Gasteiger partial charge in [0.25, 0.3) is 0 Å². The third-order valence-electron chi connectivity index (χ3n) is 4.42. The number of fused-ring (bicyclic) bond motifs is 1. The Bertz CT molecular complexity index is 859. The monoisotopic (exact) mass is 337 g/mol. The van der Waals surface area contributed by atoms with Gasteiger partial charge in [0.1, 0.15) is 24.3 Å². The normalized spacial score (nSPS) is 15.3. The van der Waals surface area contributed by atoms with Crippen molar-refractivity contribution in [2.45, 2.75) is 18.9 Å². The fourth-order valence-electron chi connectivity index (χ4n) is 3.12. The molecule has 0 amide bonds. The lowest BCUT2D eigenvalue weighted by atomic mass is 10.0. The summed E-state index contributed by atoms with van der Waals surface area (Å²) in [5.74, 6) is 2.34. The average molecular weight is 337 g/mol. The molecule has 0 bridgehead atoms. The Labute approximate surface area is 145 Å². The van der Waals surface area contributed by atoms with Crippen molar-refractivity contribution in [2.75, 3.05) is 30.4 Å². The molecule has 128 valence electrons. The molecule has 0 spiro atoms. The van der Waals surface area contributed by atoms with Crippen LogP contribution in [-0.2, 0) is 0 Å². The second-order valence-corrected chi connectivity index (χ2v) is 5.94. The molecule has 0 radical (unpaired) electrons. The molecule has 3 aromatic heterocycles. The van der Waals surface area contributed by atoms with Gasteiger partial charge >= 0.3 is 0 Å². The SMILES string of the molecule is COc1cc(NC2CCN(c3ncnc4cnccc34)CC2)ncn1. The summed E-state index contributed by atoms with van der Waals surface area (Å²) in [6.07, 6.45) is 8.68. The fraction of sp³-hybridized carbons (Fsp3) is 0.353. The van der Waals surface area contributed by atoms with E-state index in [0.717, 1.165) is 48.5 Å². The maximum atomic E-state index is 5.14. The maximum Gasteiger partial charge on any atom is 0.218 e. The molecular formula is C17H19N7O. The van der Waals surface area contributed by atoms with E-state index >= 15 is 0 Å². The number of pyridine rings is 1. The van der Waals surface area contributed by atoms with Crippen LogP contribution in [0.15, 0.2) is 37.2 Å². The predicted molar refractivity (Wildman–Crippen MR) is 94.8 cm³/mol. The first-order valence-electron chi connectivity index (χ1n) is 8.26. The highest BCUT2D eigenvalue weighted by Gasteiger charge is 2.22. The van der Waals surface area contributed by atoms with Crippen LogP contribution in [0.5, 0.6) is 5.88 Å². The highest BCUT2D eigenvalue weighted by Crippen LogP contribution is 2.26. The van der Waals surface area contributed by atoms with Gasteiger partial charge in [-0.3, -0.25) is 4.98 Å². The van der Waals surface area contributed by atoms with Gasteiger partial charge in [0.2, 0.25) is 5.88 Å². The Morgan fingerprint density at radius 1 is 1.12 bits per heavy atom. The van der Waals surface area contributed by atoms with Crippen molar-refractivity contribution in [1.82, 2.24) is 24.9 Å². The molecule has 1 N–H and O–H groups in total. The summed E-state index contributed by atoms with van der Waals surface area (Å²) in [6, 6.07) is 4.16. The van der Waals surface area contributed by atoms with E-state index in [1.807, 2.05) is 12.1 Å². The van der Waals surface area contributed by atoms with Crippen LogP contribution in [0, 0.1) is 0 Å². The first kappa shape index (κ1) is 15.5. The van der Waals surface area contributed by atoms with Gasteiger partial charge in [-0.1, -0.05) is 0 Å². The number of piperidine rings is 1. The van der Waals surface area contributed by atoms with E-state index in [1.165, 1.54) is 6.33 Å². The molecule has 0 aromatic carbocycles. The van der Waals surface area contributed by atoms with E-state index in [-0.39, 0.29) is 0 Å². The highest BCUT2D eigenvalue weighted by molar-refractivity contribution is 5.88. The van der Waals surface area contributed by atoms with Gasteiger partial charge in [-0.05, 0) is 18.9 Å². The van der Waals surface area contributed by atoms with Gasteiger partial charge in [-0.15, -0.1) is 0 Å². The minimum Gasteiger partial charge on any atom is -0.481 e. The van der Waals surface area contributed by atoms with Crippen LogP contribution >= 0.6 is 0 Å². The van der Waals surface area contributed by atoms with Crippen LogP contribution in [0.2, 0.25) is 0 Å². The third-order valence-corrected chi connectivity index (χ3v) is 4.42. The van der Waals surface area contributed by atoms with E-state index in [0.29, 0.717) is 11.9 Å². The Morgan fingerprint density at radius 3 is 2.80 bits per heavy atom. The molecule has 0 aliphatic carbocycles. The number of hydrogen-bond acceptors (Lipinski definition) is 8. The Balaban J connectivity index is 1.44. The molecule has 0 saturated carbocycles. The number of ether oxygens (including phenoxy) is 1. The Kier molecular flexibility index (Phi) is 4.24. The lowest BCUT2D eigenvalue weighted by molar-refractivity contribution is 0.397. The van der Waals surface area contributed by atoms with Crippen molar-refractivity contribution in [1.29, 1.82) is 0 Å². The van der Waals surface area contributed by atoms with Crippen molar-refractivity contribution >= 4 is 22.5 Å². The van der Waals surface area contributed by atoms with E-state index in [4.69, 9.17) is 4.74 Å². The van der Waals surface area contributed by atoms with Crippen LogP contribution in [0.1, 0.15) is 12.8 Å². The summed E-state index contributed by atoms with van der Waals surface area (Å²) in [7, 11) is 1.60. The van der Waals surface area contributed by atoms with E-state index in [1.54, 1.807) is 25.8 Å². The summed E-state index contributed by atoms with van der Waals surface area (Å²) in [5.41, 5.74) is 0.876. The van der Waals surface area contributed by atoms with Crippen molar-refractivity contribution < 1.29 is 4.74 Å². The molecule has 1 saturated heterocycles. The molecule has 8 nitrogen and oxygen atoms in total. The topological polar surface area (TPSA) is 89.0 Å². The Morgan fingerprint density at radius 2 is 1.96 bits per heavy atom. The number of nitrogens with one attached hydrogen (secondary N) is 1. The molecule has 8 heteroatoms. The largest absolute Gasteiger partial charge is 0.481 e. The van der Waals surface area contributed by atoms with Crippen molar-refractivity contribution in [3.63, 3.8) is 0 Å². The van der Waals surface area contributed by atoms with Crippen LogP contribution in [0.25, 0.3) is 10.9 Å². The Hall–Kier alpha value is -3.03. The average Bonchev–Trinajstić information content (AvgIpc) is 2.68. The van der Waals surface area contributed by atoms with Crippen LogP contribution in [0.4, 0.5) is 11.6 Å². The summed E-state index contributed by atoms with van der Waals surface area (Å²) in [5, 5.41) is 4.51. The lowest BCUT2D eigenvalue weighted by Crippen LogP contribution is -2.39. The second-order valence-electron chi connectivity index (χ2n) is 5.94. The molecule has 0 atom stereocenters. The molecule has 0 unspecified atom stereocenters. The van der Waals surface area contributed by atoms with Crippen LogP contribution in [0.3, 0.4) is 0 Å². The van der Waals surface area contributed by atoms with Gasteiger partial charge in [0, 0.05) is 36.8 Å². The van der Waals surface area contributed by atoms with Gasteiger partial charge in [0.05, 0.1) is 18.8 Å². The van der Waals surface area contributed by atoms with Gasteiger partial charge in [-0.25, -0.2) is 19.9 Å². The number of anilines is 2. The zero-order chi connectivity index (χ0) is 17.1. The van der Waals surface area contributed by atoms with Gasteiger partial charge < -0.3 is 15.0 Å². The van der Waals surface area contributed by atoms with Crippen molar-refractivity contribution in [3.8, 4) is 5.88 Å². The fourth-order valence-corrected chi connectivity index (χ4v) is 3.12. The number of methoxy groups -OCH3 is 1. The van der Waals surface area contributed by atoms with E-state index in [9.17, 15) is 0 Å². The summed E-state index contributed by atoms with van der Waals surface area (Å²) >= 11 is 0. The highest BCUT2D eigenvalue weighted by atomic mass is 16.5. The molecular weight excluding hydrogens is 318 g/mol. The van der Waals surface area contributed by atoms with E-state index < -0.39 is 0 Å². The second kappa shape index (κ2) is 6.84. The minimum atomic E-state index is 0.366. The smallest absolute Gasteiger partial charge is 0.218 e. The number of hydrogen-bond donors (Lipinski definition) is 1. The third kappa shape index (κ3) is 3.28. The molecule has 4 heterocycles. The molecule has 25 heavy (non-hydrogen) atoms. The number of rotatable bonds is 4. The van der Waals surface area contributed by atoms with Gasteiger partial charge in [-0.2, -0.15) is 0 Å². The zero-order valence-electron chi connectivity index (χ0n) is 14.0.